The standard InChI is InChI=1S/C21H27BrClFN6O2/c1-3-4-11(2)20(32)25-7-8-26-21-29-18-13(9-14(23)16(22)17(18)24)19(30-21)27-10-12-5-6-15(31)28-12/h9,11-12H,3-8,10H2,1-2H3,(H,25,32)(H,28,31)(H2,26,27,29,30)/t11?,12-/m0/s1. The molecule has 8 nitrogen and oxygen atoms in total. The summed E-state index contributed by atoms with van der Waals surface area (Å²) >= 11 is 9.30. The SMILES string of the molecule is CCCC(C)C(=O)NCCNc1nc(NC[C@@H]2CCC(=O)N2)c2cc(Cl)c(Br)c(F)c2n1. The maximum Gasteiger partial charge on any atom is 0.225 e. The number of carbonyl (C=O) groups is 2. The van der Waals surface area contributed by atoms with Crippen LogP contribution in [0.2, 0.25) is 5.02 Å². The first-order chi connectivity index (χ1) is 15.3. The molecule has 1 aromatic heterocycles. The molecule has 0 spiro atoms. The van der Waals surface area contributed by atoms with Crippen molar-refractivity contribution in [1.29, 1.82) is 0 Å². The molecule has 2 aromatic rings. The van der Waals surface area contributed by atoms with E-state index in [4.69, 9.17) is 11.6 Å². The highest BCUT2D eigenvalue weighted by atomic mass is 79.9. The molecule has 1 saturated heterocycles. The van der Waals surface area contributed by atoms with E-state index in [0.717, 1.165) is 19.3 Å². The second-order valence-electron chi connectivity index (χ2n) is 7.87. The summed E-state index contributed by atoms with van der Waals surface area (Å²) in [4.78, 5) is 32.3. The van der Waals surface area contributed by atoms with E-state index in [1.165, 1.54) is 0 Å². The fourth-order valence-corrected chi connectivity index (χ4v) is 4.03. The minimum absolute atomic E-state index is 0.00124. The molecular formula is C21H27BrClFN6O2. The zero-order valence-electron chi connectivity index (χ0n) is 18.0. The van der Waals surface area contributed by atoms with Gasteiger partial charge in [0.25, 0.3) is 0 Å². The average Bonchev–Trinajstić information content (AvgIpc) is 3.19. The minimum Gasteiger partial charge on any atom is -0.367 e. The van der Waals surface area contributed by atoms with Crippen LogP contribution in [0.4, 0.5) is 16.2 Å². The lowest BCUT2D eigenvalue weighted by molar-refractivity contribution is -0.124. The number of benzene rings is 1. The summed E-state index contributed by atoms with van der Waals surface area (Å²) in [5, 5.41) is 12.6. The molecule has 1 aliphatic heterocycles. The molecule has 2 atom stereocenters. The summed E-state index contributed by atoms with van der Waals surface area (Å²) < 4.78 is 15.0. The summed E-state index contributed by atoms with van der Waals surface area (Å²) in [5.74, 6) is 0.0162. The molecule has 3 rings (SSSR count). The molecular weight excluding hydrogens is 503 g/mol. The van der Waals surface area contributed by atoms with Crippen LogP contribution in [0.1, 0.15) is 39.5 Å². The van der Waals surface area contributed by atoms with Crippen molar-refractivity contribution in [3.8, 4) is 0 Å². The number of carbonyl (C=O) groups excluding carboxylic acids is 2. The molecule has 11 heteroatoms. The maximum atomic E-state index is 14.9. The molecule has 0 radical (unpaired) electrons. The van der Waals surface area contributed by atoms with Crippen LogP contribution >= 0.6 is 27.5 Å². The van der Waals surface area contributed by atoms with Gasteiger partial charge in [0, 0.05) is 43.4 Å². The van der Waals surface area contributed by atoms with Crippen LogP contribution in [-0.2, 0) is 9.59 Å². The lowest BCUT2D eigenvalue weighted by Crippen LogP contribution is -2.33. The Morgan fingerprint density at radius 2 is 2.16 bits per heavy atom. The smallest absolute Gasteiger partial charge is 0.225 e. The van der Waals surface area contributed by atoms with Crippen molar-refractivity contribution >= 4 is 62.0 Å². The Bertz CT molecular complexity index is 1010. The zero-order valence-corrected chi connectivity index (χ0v) is 20.4. The topological polar surface area (TPSA) is 108 Å². The van der Waals surface area contributed by atoms with Gasteiger partial charge < -0.3 is 21.3 Å². The largest absolute Gasteiger partial charge is 0.367 e. The summed E-state index contributed by atoms with van der Waals surface area (Å²) in [6.45, 7) is 5.15. The summed E-state index contributed by atoms with van der Waals surface area (Å²) in [6.07, 6.45) is 2.99. The molecule has 1 aliphatic rings. The van der Waals surface area contributed by atoms with Gasteiger partial charge in [-0.3, -0.25) is 9.59 Å². The Balaban J connectivity index is 1.74. The van der Waals surface area contributed by atoms with Crippen LogP contribution in [0.25, 0.3) is 10.9 Å². The first-order valence-corrected chi connectivity index (χ1v) is 11.9. The second-order valence-corrected chi connectivity index (χ2v) is 9.07. The van der Waals surface area contributed by atoms with Crippen molar-refractivity contribution in [1.82, 2.24) is 20.6 Å². The molecule has 2 heterocycles. The maximum absolute atomic E-state index is 14.9. The fraction of sp³-hybridized carbons (Fsp3) is 0.524. The highest BCUT2D eigenvalue weighted by Gasteiger charge is 2.22. The van der Waals surface area contributed by atoms with Gasteiger partial charge in [-0.25, -0.2) is 9.37 Å². The molecule has 32 heavy (non-hydrogen) atoms. The van der Waals surface area contributed by atoms with Gasteiger partial charge in [0.15, 0.2) is 5.82 Å². The van der Waals surface area contributed by atoms with Crippen LogP contribution in [0.3, 0.4) is 0 Å². The van der Waals surface area contributed by atoms with E-state index in [-0.39, 0.29) is 44.7 Å². The van der Waals surface area contributed by atoms with E-state index in [1.807, 2.05) is 13.8 Å². The molecule has 4 N–H and O–H groups in total. The summed E-state index contributed by atoms with van der Waals surface area (Å²) in [6, 6.07) is 1.57. The van der Waals surface area contributed by atoms with Gasteiger partial charge in [-0.05, 0) is 34.8 Å². The Morgan fingerprint density at radius 1 is 1.38 bits per heavy atom. The van der Waals surface area contributed by atoms with Crippen molar-refractivity contribution in [2.75, 3.05) is 30.3 Å². The van der Waals surface area contributed by atoms with Gasteiger partial charge in [-0.15, -0.1) is 0 Å². The number of halogens is 3. The third-order valence-corrected chi connectivity index (χ3v) is 6.61. The van der Waals surface area contributed by atoms with Gasteiger partial charge >= 0.3 is 0 Å². The molecule has 0 saturated carbocycles. The van der Waals surface area contributed by atoms with Gasteiger partial charge in [0.05, 0.1) is 9.50 Å². The van der Waals surface area contributed by atoms with E-state index in [1.54, 1.807) is 6.07 Å². The average molecular weight is 530 g/mol. The predicted molar refractivity (Wildman–Crippen MR) is 127 cm³/mol. The van der Waals surface area contributed by atoms with Crippen LogP contribution in [-0.4, -0.2) is 47.5 Å². The number of nitrogens with zero attached hydrogens (tertiary/aromatic N) is 2. The third kappa shape index (κ3) is 5.98. The lowest BCUT2D eigenvalue weighted by atomic mass is 10.1. The zero-order chi connectivity index (χ0) is 23.3. The first-order valence-electron chi connectivity index (χ1n) is 10.7. The van der Waals surface area contributed by atoms with Gasteiger partial charge in [0.1, 0.15) is 11.3 Å². The Labute approximate surface area is 199 Å². The molecule has 1 aromatic carbocycles. The Hall–Kier alpha value is -2.20. The highest BCUT2D eigenvalue weighted by Crippen LogP contribution is 2.34. The van der Waals surface area contributed by atoms with Crippen LogP contribution < -0.4 is 21.3 Å². The number of rotatable bonds is 10. The minimum atomic E-state index is -0.586. The van der Waals surface area contributed by atoms with Crippen LogP contribution in [0.5, 0.6) is 0 Å². The second kappa shape index (κ2) is 11.1. The van der Waals surface area contributed by atoms with Crippen molar-refractivity contribution < 1.29 is 14.0 Å². The number of fused-ring (bicyclic) bond motifs is 1. The van der Waals surface area contributed by atoms with E-state index in [0.29, 0.717) is 37.3 Å². The Morgan fingerprint density at radius 3 is 2.84 bits per heavy atom. The number of anilines is 2. The number of hydrogen-bond acceptors (Lipinski definition) is 6. The van der Waals surface area contributed by atoms with Crippen molar-refractivity contribution in [3.63, 3.8) is 0 Å². The number of amides is 2. The normalized spacial score (nSPS) is 16.7. The van der Waals surface area contributed by atoms with Crippen molar-refractivity contribution in [2.45, 2.75) is 45.6 Å². The molecule has 1 unspecified atom stereocenters. The molecule has 0 bridgehead atoms. The molecule has 0 aliphatic carbocycles. The van der Waals surface area contributed by atoms with E-state index >= 15 is 0 Å². The van der Waals surface area contributed by atoms with Crippen molar-refractivity contribution in [3.05, 3.63) is 21.4 Å². The van der Waals surface area contributed by atoms with E-state index < -0.39 is 5.82 Å². The van der Waals surface area contributed by atoms with Gasteiger partial charge in [-0.2, -0.15) is 4.98 Å². The summed E-state index contributed by atoms with van der Waals surface area (Å²) in [7, 11) is 0. The molecule has 1 fully saturated rings. The number of nitrogens with one attached hydrogen (secondary N) is 4. The molecule has 2 amide bonds. The molecule has 174 valence electrons. The van der Waals surface area contributed by atoms with Crippen molar-refractivity contribution in [2.24, 2.45) is 5.92 Å². The Kier molecular flexibility index (Phi) is 8.47. The van der Waals surface area contributed by atoms with E-state index in [2.05, 4.69) is 47.2 Å². The lowest BCUT2D eigenvalue weighted by Gasteiger charge is -2.16. The van der Waals surface area contributed by atoms with Crippen LogP contribution in [0, 0.1) is 11.7 Å². The quantitative estimate of drug-likeness (QED) is 0.275. The fourth-order valence-electron chi connectivity index (χ4n) is 3.53. The third-order valence-electron chi connectivity index (χ3n) is 5.30. The first kappa shape index (κ1) is 24.4. The van der Waals surface area contributed by atoms with Gasteiger partial charge in [0.2, 0.25) is 17.8 Å². The number of aromatic nitrogens is 2. The highest BCUT2D eigenvalue weighted by molar-refractivity contribution is 9.10. The van der Waals surface area contributed by atoms with E-state index in [9.17, 15) is 14.0 Å². The van der Waals surface area contributed by atoms with Crippen LogP contribution in [0.15, 0.2) is 10.5 Å². The number of hydrogen-bond donors (Lipinski definition) is 4. The van der Waals surface area contributed by atoms with Gasteiger partial charge in [-0.1, -0.05) is 31.9 Å². The predicted octanol–water partition coefficient (Wildman–Crippen LogP) is 3.84. The summed E-state index contributed by atoms with van der Waals surface area (Å²) in [5.41, 5.74) is 0.109. The monoisotopic (exact) mass is 528 g/mol.